The van der Waals surface area contributed by atoms with E-state index in [1.807, 2.05) is 6.92 Å². The van der Waals surface area contributed by atoms with Gasteiger partial charge in [0.2, 0.25) is 5.91 Å². The largest absolute Gasteiger partial charge is 0.377 e. The van der Waals surface area contributed by atoms with E-state index < -0.39 is 11.8 Å². The molecule has 2 aliphatic rings. The fourth-order valence-electron chi connectivity index (χ4n) is 2.71. The maximum atomic E-state index is 12.3. The third kappa shape index (κ3) is 2.31. The van der Waals surface area contributed by atoms with Gasteiger partial charge in [0.05, 0.1) is 30.4 Å². The summed E-state index contributed by atoms with van der Waals surface area (Å²) in [6.07, 6.45) is 0. The summed E-state index contributed by atoms with van der Waals surface area (Å²) < 4.78 is 5.28. The van der Waals surface area contributed by atoms with Crippen LogP contribution >= 0.6 is 0 Å². The molecule has 0 spiro atoms. The summed E-state index contributed by atoms with van der Waals surface area (Å²) in [5.74, 6) is -1.02. The van der Waals surface area contributed by atoms with Crippen LogP contribution in [-0.2, 0) is 9.53 Å². The van der Waals surface area contributed by atoms with Gasteiger partial charge in [-0.2, -0.15) is 0 Å². The molecule has 21 heavy (non-hydrogen) atoms. The van der Waals surface area contributed by atoms with E-state index in [-0.39, 0.29) is 18.5 Å². The lowest BCUT2D eigenvalue weighted by Crippen LogP contribution is -2.51. The number of nitrogens with zero attached hydrogens (tertiary/aromatic N) is 2. The number of amides is 3. The average Bonchev–Trinajstić information content (AvgIpc) is 2.73. The first kappa shape index (κ1) is 13.8. The zero-order valence-corrected chi connectivity index (χ0v) is 11.7. The summed E-state index contributed by atoms with van der Waals surface area (Å²) in [5, 5.41) is 0. The van der Waals surface area contributed by atoms with Gasteiger partial charge < -0.3 is 9.64 Å². The minimum atomic E-state index is -0.398. The van der Waals surface area contributed by atoms with Gasteiger partial charge in [-0.1, -0.05) is 12.1 Å². The van der Waals surface area contributed by atoms with Crippen LogP contribution in [0.2, 0.25) is 0 Å². The summed E-state index contributed by atoms with van der Waals surface area (Å²) in [6.45, 7) is 3.13. The SMILES string of the molecule is CC1COCCN1C(=O)CN1C(=O)c2ccccc2C1=O. The van der Waals surface area contributed by atoms with Crippen molar-refractivity contribution in [2.45, 2.75) is 13.0 Å². The van der Waals surface area contributed by atoms with E-state index in [1.165, 1.54) is 0 Å². The number of morpholine rings is 1. The van der Waals surface area contributed by atoms with Crippen molar-refractivity contribution in [3.63, 3.8) is 0 Å². The molecule has 6 heteroatoms. The third-order valence-corrected chi connectivity index (χ3v) is 3.86. The number of hydrogen-bond donors (Lipinski definition) is 0. The Kier molecular flexibility index (Phi) is 3.47. The van der Waals surface area contributed by atoms with E-state index in [1.54, 1.807) is 29.2 Å². The minimum Gasteiger partial charge on any atom is -0.377 e. The van der Waals surface area contributed by atoms with Crippen molar-refractivity contribution in [3.05, 3.63) is 35.4 Å². The van der Waals surface area contributed by atoms with E-state index in [2.05, 4.69) is 0 Å². The molecular formula is C15H16N2O4. The van der Waals surface area contributed by atoms with Crippen molar-refractivity contribution in [2.24, 2.45) is 0 Å². The van der Waals surface area contributed by atoms with Crippen LogP contribution in [0, 0.1) is 0 Å². The summed E-state index contributed by atoms with van der Waals surface area (Å²) in [6, 6.07) is 6.59. The van der Waals surface area contributed by atoms with Crippen LogP contribution in [0.1, 0.15) is 27.6 Å². The summed E-state index contributed by atoms with van der Waals surface area (Å²) in [7, 11) is 0. The number of rotatable bonds is 2. The lowest BCUT2D eigenvalue weighted by atomic mass is 10.1. The maximum absolute atomic E-state index is 12.3. The van der Waals surface area contributed by atoms with Gasteiger partial charge in [0.15, 0.2) is 0 Å². The molecule has 0 aromatic heterocycles. The molecule has 1 atom stereocenters. The van der Waals surface area contributed by atoms with Gasteiger partial charge in [-0.25, -0.2) is 0 Å². The molecule has 0 N–H and O–H groups in total. The Balaban J connectivity index is 1.76. The Bertz CT molecular complexity index is 578. The molecule has 1 aromatic carbocycles. The molecule has 0 bridgehead atoms. The van der Waals surface area contributed by atoms with Gasteiger partial charge in [0, 0.05) is 6.54 Å². The van der Waals surface area contributed by atoms with E-state index in [9.17, 15) is 14.4 Å². The highest BCUT2D eigenvalue weighted by atomic mass is 16.5. The first-order chi connectivity index (χ1) is 10.1. The lowest BCUT2D eigenvalue weighted by molar-refractivity contribution is -0.139. The summed E-state index contributed by atoms with van der Waals surface area (Å²) in [5.41, 5.74) is 0.732. The van der Waals surface area contributed by atoms with Crippen LogP contribution in [0.25, 0.3) is 0 Å². The van der Waals surface area contributed by atoms with Gasteiger partial charge in [-0.15, -0.1) is 0 Å². The first-order valence-electron chi connectivity index (χ1n) is 6.92. The molecule has 0 aliphatic carbocycles. The highest BCUT2D eigenvalue weighted by Gasteiger charge is 2.37. The topological polar surface area (TPSA) is 66.9 Å². The molecule has 0 radical (unpaired) electrons. The van der Waals surface area contributed by atoms with E-state index in [4.69, 9.17) is 4.74 Å². The fraction of sp³-hybridized carbons (Fsp3) is 0.400. The van der Waals surface area contributed by atoms with Crippen LogP contribution in [0.4, 0.5) is 0 Å². The number of imide groups is 1. The van der Waals surface area contributed by atoms with E-state index in [0.717, 1.165) is 4.90 Å². The van der Waals surface area contributed by atoms with Gasteiger partial charge in [0.25, 0.3) is 11.8 Å². The molecule has 2 heterocycles. The molecule has 110 valence electrons. The third-order valence-electron chi connectivity index (χ3n) is 3.86. The Morgan fingerprint density at radius 2 is 1.86 bits per heavy atom. The second-order valence-electron chi connectivity index (χ2n) is 5.25. The van der Waals surface area contributed by atoms with Crippen LogP contribution in [0.15, 0.2) is 24.3 Å². The molecule has 6 nitrogen and oxygen atoms in total. The molecule has 1 unspecified atom stereocenters. The van der Waals surface area contributed by atoms with Crippen molar-refractivity contribution in [3.8, 4) is 0 Å². The van der Waals surface area contributed by atoms with E-state index in [0.29, 0.717) is 30.9 Å². The number of fused-ring (bicyclic) bond motifs is 1. The minimum absolute atomic E-state index is 0.0403. The maximum Gasteiger partial charge on any atom is 0.262 e. The predicted molar refractivity (Wildman–Crippen MR) is 73.8 cm³/mol. The van der Waals surface area contributed by atoms with E-state index >= 15 is 0 Å². The first-order valence-corrected chi connectivity index (χ1v) is 6.92. The Hall–Kier alpha value is -2.21. The van der Waals surface area contributed by atoms with Crippen LogP contribution in [0.3, 0.4) is 0 Å². The molecular weight excluding hydrogens is 272 g/mol. The lowest BCUT2D eigenvalue weighted by Gasteiger charge is -2.34. The molecule has 0 saturated carbocycles. The monoisotopic (exact) mass is 288 g/mol. The van der Waals surface area contributed by atoms with Crippen LogP contribution in [-0.4, -0.2) is 59.9 Å². The zero-order valence-electron chi connectivity index (χ0n) is 11.7. The second kappa shape index (κ2) is 5.29. The van der Waals surface area contributed by atoms with Crippen molar-refractivity contribution >= 4 is 17.7 Å². The fourth-order valence-corrected chi connectivity index (χ4v) is 2.71. The van der Waals surface area contributed by atoms with Crippen molar-refractivity contribution < 1.29 is 19.1 Å². The molecule has 3 amide bonds. The molecule has 3 rings (SSSR count). The summed E-state index contributed by atoms with van der Waals surface area (Å²) >= 11 is 0. The molecule has 2 aliphatic heterocycles. The van der Waals surface area contributed by atoms with Gasteiger partial charge in [-0.3, -0.25) is 19.3 Å². The normalized spacial score (nSPS) is 21.7. The standard InChI is InChI=1S/C15H16N2O4/c1-10-9-21-7-6-16(10)13(18)8-17-14(19)11-4-2-3-5-12(11)15(17)20/h2-5,10H,6-9H2,1H3. The van der Waals surface area contributed by atoms with Crippen molar-refractivity contribution in [1.29, 1.82) is 0 Å². The Labute approximate surface area is 122 Å². The number of carbonyl (C=O) groups excluding carboxylic acids is 3. The Morgan fingerprint density at radius 1 is 1.24 bits per heavy atom. The average molecular weight is 288 g/mol. The predicted octanol–water partition coefficient (Wildman–Crippen LogP) is 0.530. The number of benzene rings is 1. The van der Waals surface area contributed by atoms with Gasteiger partial charge >= 0.3 is 0 Å². The quantitative estimate of drug-likeness (QED) is 0.745. The highest BCUT2D eigenvalue weighted by molar-refractivity contribution is 6.22. The van der Waals surface area contributed by atoms with Crippen molar-refractivity contribution in [2.75, 3.05) is 26.3 Å². The number of carbonyl (C=O) groups is 3. The molecule has 1 fully saturated rings. The van der Waals surface area contributed by atoms with Gasteiger partial charge in [0.1, 0.15) is 6.54 Å². The summed E-state index contributed by atoms with van der Waals surface area (Å²) in [4.78, 5) is 39.4. The van der Waals surface area contributed by atoms with Crippen LogP contribution < -0.4 is 0 Å². The molecule has 1 saturated heterocycles. The second-order valence-corrected chi connectivity index (χ2v) is 5.25. The Morgan fingerprint density at radius 3 is 2.43 bits per heavy atom. The van der Waals surface area contributed by atoms with Crippen molar-refractivity contribution in [1.82, 2.24) is 9.80 Å². The zero-order chi connectivity index (χ0) is 15.0. The van der Waals surface area contributed by atoms with Gasteiger partial charge in [-0.05, 0) is 19.1 Å². The van der Waals surface area contributed by atoms with Crippen LogP contribution in [0.5, 0.6) is 0 Å². The smallest absolute Gasteiger partial charge is 0.262 e. The molecule has 1 aromatic rings. The highest BCUT2D eigenvalue weighted by Crippen LogP contribution is 2.22. The number of ether oxygens (including phenoxy) is 1. The number of hydrogen-bond acceptors (Lipinski definition) is 4.